The Morgan fingerprint density at radius 3 is 2.64 bits per heavy atom. The molecule has 0 saturated heterocycles. The molecule has 0 aliphatic rings. The van der Waals surface area contributed by atoms with Crippen LogP contribution >= 0.6 is 38.9 Å². The topological polar surface area (TPSA) is 38.3 Å². The maximum atomic E-state index is 12.4. The second kappa shape index (κ2) is 6.28. The van der Waals surface area contributed by atoms with E-state index in [1.165, 1.54) is 11.3 Å². The summed E-state index contributed by atoms with van der Waals surface area (Å²) in [4.78, 5) is 12.9. The third-order valence-corrected chi connectivity index (χ3v) is 5.29. The molecule has 2 aromatic carbocycles. The maximum Gasteiger partial charge on any atom is 0.267 e. The van der Waals surface area contributed by atoms with E-state index in [-0.39, 0.29) is 5.91 Å². The summed E-state index contributed by atoms with van der Waals surface area (Å²) in [5, 5.41) is 4.21. The molecule has 0 spiro atoms. The number of anilines is 1. The minimum Gasteiger partial charge on any atom is -0.497 e. The molecule has 0 atom stereocenters. The van der Waals surface area contributed by atoms with Crippen LogP contribution in [0.4, 0.5) is 5.69 Å². The van der Waals surface area contributed by atoms with Gasteiger partial charge in [-0.15, -0.1) is 11.3 Å². The van der Waals surface area contributed by atoms with Crippen LogP contribution in [0.5, 0.6) is 5.75 Å². The summed E-state index contributed by atoms with van der Waals surface area (Å²) in [6.45, 7) is 0. The number of thiophene rings is 1. The fourth-order valence-electron chi connectivity index (χ4n) is 2.05. The van der Waals surface area contributed by atoms with Gasteiger partial charge >= 0.3 is 0 Å². The minimum absolute atomic E-state index is 0.215. The maximum absolute atomic E-state index is 12.4. The average Bonchev–Trinajstić information content (AvgIpc) is 2.84. The van der Waals surface area contributed by atoms with Gasteiger partial charge in [0.05, 0.1) is 12.1 Å². The highest BCUT2D eigenvalue weighted by molar-refractivity contribution is 9.10. The van der Waals surface area contributed by atoms with E-state index < -0.39 is 0 Å². The van der Waals surface area contributed by atoms with Gasteiger partial charge < -0.3 is 10.1 Å². The first-order valence-electron chi connectivity index (χ1n) is 6.41. The molecule has 0 aliphatic heterocycles. The minimum atomic E-state index is -0.215. The molecule has 0 fully saturated rings. The summed E-state index contributed by atoms with van der Waals surface area (Å²) < 4.78 is 7.02. The van der Waals surface area contributed by atoms with E-state index >= 15 is 0 Å². The van der Waals surface area contributed by atoms with E-state index in [0.717, 1.165) is 20.3 Å². The molecule has 6 heteroatoms. The Kier molecular flexibility index (Phi) is 4.38. The third kappa shape index (κ3) is 2.97. The predicted molar refractivity (Wildman–Crippen MR) is 95.5 cm³/mol. The van der Waals surface area contributed by atoms with Crippen LogP contribution in [0.2, 0.25) is 5.02 Å². The second-order valence-electron chi connectivity index (χ2n) is 4.57. The van der Waals surface area contributed by atoms with Gasteiger partial charge in [0, 0.05) is 20.2 Å². The zero-order chi connectivity index (χ0) is 15.7. The molecule has 3 nitrogen and oxygen atoms in total. The number of carbonyl (C=O) groups excluding carboxylic acids is 1. The number of carbonyl (C=O) groups is 1. The van der Waals surface area contributed by atoms with E-state index in [1.54, 1.807) is 31.4 Å². The van der Waals surface area contributed by atoms with Crippen molar-refractivity contribution < 1.29 is 9.53 Å². The largest absolute Gasteiger partial charge is 0.497 e. The third-order valence-electron chi connectivity index (χ3n) is 3.15. The van der Waals surface area contributed by atoms with E-state index in [9.17, 15) is 4.79 Å². The Hall–Kier alpha value is -1.56. The van der Waals surface area contributed by atoms with Crippen LogP contribution < -0.4 is 10.1 Å². The summed E-state index contributed by atoms with van der Waals surface area (Å²) in [5.41, 5.74) is 0.695. The molecule has 1 amide bonds. The molecule has 0 saturated carbocycles. The van der Waals surface area contributed by atoms with Gasteiger partial charge in [0.2, 0.25) is 0 Å². The summed E-state index contributed by atoms with van der Waals surface area (Å²) in [6, 6.07) is 12.9. The Balaban J connectivity index is 1.89. The van der Waals surface area contributed by atoms with Gasteiger partial charge in [-0.3, -0.25) is 4.79 Å². The van der Waals surface area contributed by atoms with Crippen molar-refractivity contribution in [3.8, 4) is 5.75 Å². The number of methoxy groups -OCH3 is 1. The molecule has 1 aromatic heterocycles. The van der Waals surface area contributed by atoms with E-state index in [1.807, 2.05) is 18.2 Å². The standard InChI is InChI=1S/C16H11BrClNO2S/c1-21-11-5-3-10(4-6-11)19-16(20)15-14(18)12-7-2-9(17)8-13(12)22-15/h2-8H,1H3,(H,19,20). The monoisotopic (exact) mass is 395 g/mol. The number of amides is 1. The van der Waals surface area contributed by atoms with Gasteiger partial charge in [-0.2, -0.15) is 0 Å². The zero-order valence-electron chi connectivity index (χ0n) is 11.5. The fourth-order valence-corrected chi connectivity index (χ4v) is 4.01. The van der Waals surface area contributed by atoms with Crippen molar-refractivity contribution in [1.82, 2.24) is 0 Å². The highest BCUT2D eigenvalue weighted by Gasteiger charge is 2.17. The Labute approximate surface area is 145 Å². The first-order valence-corrected chi connectivity index (χ1v) is 8.40. The van der Waals surface area contributed by atoms with Crippen LogP contribution in [0.3, 0.4) is 0 Å². The SMILES string of the molecule is COc1ccc(NC(=O)c2sc3cc(Br)ccc3c2Cl)cc1. The molecule has 1 N–H and O–H groups in total. The van der Waals surface area contributed by atoms with Gasteiger partial charge in [0.25, 0.3) is 5.91 Å². The van der Waals surface area contributed by atoms with Crippen molar-refractivity contribution in [2.75, 3.05) is 12.4 Å². The van der Waals surface area contributed by atoms with Gasteiger partial charge in [0.1, 0.15) is 10.6 Å². The first kappa shape index (κ1) is 15.3. The summed E-state index contributed by atoms with van der Waals surface area (Å²) in [5.74, 6) is 0.523. The van der Waals surface area contributed by atoms with Gasteiger partial charge in [-0.1, -0.05) is 33.6 Å². The molecule has 0 aliphatic carbocycles. The second-order valence-corrected chi connectivity index (χ2v) is 6.91. The van der Waals surface area contributed by atoms with Crippen LogP contribution in [0, 0.1) is 0 Å². The molecule has 3 rings (SSSR count). The van der Waals surface area contributed by atoms with E-state index in [2.05, 4.69) is 21.2 Å². The normalized spacial score (nSPS) is 10.7. The summed E-state index contributed by atoms with van der Waals surface area (Å²) in [6.07, 6.45) is 0. The highest BCUT2D eigenvalue weighted by Crippen LogP contribution is 2.37. The molecule has 1 heterocycles. The number of fused-ring (bicyclic) bond motifs is 1. The molecule has 0 radical (unpaired) electrons. The van der Waals surface area contributed by atoms with Crippen molar-refractivity contribution in [2.45, 2.75) is 0 Å². The molecular formula is C16H11BrClNO2S. The quantitative estimate of drug-likeness (QED) is 0.628. The number of halogens is 2. The van der Waals surface area contributed by atoms with Crippen LogP contribution in [0.15, 0.2) is 46.9 Å². The van der Waals surface area contributed by atoms with Gasteiger partial charge in [-0.25, -0.2) is 0 Å². The van der Waals surface area contributed by atoms with E-state index in [4.69, 9.17) is 16.3 Å². The molecule has 22 heavy (non-hydrogen) atoms. The van der Waals surface area contributed by atoms with Crippen LogP contribution in [-0.2, 0) is 0 Å². The number of rotatable bonds is 3. The van der Waals surface area contributed by atoms with Crippen LogP contribution in [-0.4, -0.2) is 13.0 Å². The smallest absolute Gasteiger partial charge is 0.267 e. The number of nitrogens with one attached hydrogen (secondary N) is 1. The van der Waals surface area contributed by atoms with Crippen LogP contribution in [0.1, 0.15) is 9.67 Å². The molecule has 0 bridgehead atoms. The average molecular weight is 397 g/mol. The predicted octanol–water partition coefficient (Wildman–Crippen LogP) is 5.58. The van der Waals surface area contributed by atoms with E-state index in [0.29, 0.717) is 15.6 Å². The van der Waals surface area contributed by atoms with Crippen molar-refractivity contribution in [3.63, 3.8) is 0 Å². The van der Waals surface area contributed by atoms with Gasteiger partial charge in [-0.05, 0) is 36.4 Å². The summed E-state index contributed by atoms with van der Waals surface area (Å²) >= 11 is 11.1. The number of benzene rings is 2. The first-order chi connectivity index (χ1) is 10.6. The molecule has 0 unspecified atom stereocenters. The van der Waals surface area contributed by atoms with Crippen molar-refractivity contribution in [3.05, 3.63) is 56.8 Å². The van der Waals surface area contributed by atoms with Crippen molar-refractivity contribution in [1.29, 1.82) is 0 Å². The number of hydrogen-bond donors (Lipinski definition) is 1. The van der Waals surface area contributed by atoms with Gasteiger partial charge in [0.15, 0.2) is 0 Å². The number of hydrogen-bond acceptors (Lipinski definition) is 3. The molecular weight excluding hydrogens is 386 g/mol. The van der Waals surface area contributed by atoms with Crippen LogP contribution in [0.25, 0.3) is 10.1 Å². The lowest BCUT2D eigenvalue weighted by atomic mass is 10.2. The Morgan fingerprint density at radius 1 is 1.23 bits per heavy atom. The fraction of sp³-hybridized carbons (Fsp3) is 0.0625. The molecule has 112 valence electrons. The molecule has 3 aromatic rings. The summed E-state index contributed by atoms with van der Waals surface area (Å²) in [7, 11) is 1.60. The van der Waals surface area contributed by atoms with Crippen molar-refractivity contribution in [2.24, 2.45) is 0 Å². The Bertz CT molecular complexity index is 845. The van der Waals surface area contributed by atoms with Crippen molar-refractivity contribution >= 4 is 60.5 Å². The Morgan fingerprint density at radius 2 is 1.95 bits per heavy atom. The lowest BCUT2D eigenvalue weighted by Gasteiger charge is -2.05. The lowest BCUT2D eigenvalue weighted by Crippen LogP contribution is -2.10. The zero-order valence-corrected chi connectivity index (χ0v) is 14.7. The lowest BCUT2D eigenvalue weighted by molar-refractivity contribution is 0.103. The number of ether oxygens (including phenoxy) is 1. The highest BCUT2D eigenvalue weighted by atomic mass is 79.9.